The summed E-state index contributed by atoms with van der Waals surface area (Å²) in [6, 6.07) is 9.46. The highest BCUT2D eigenvalue weighted by Gasteiger charge is 2.22. The first-order chi connectivity index (χ1) is 12.6. The molecule has 2 aromatic rings. The van der Waals surface area contributed by atoms with Gasteiger partial charge in [0.15, 0.2) is 0 Å². The fraction of sp³-hybridized carbons (Fsp3) is 0.333. The minimum Gasteiger partial charge on any atom is -0.378 e. The Kier molecular flexibility index (Phi) is 5.31. The van der Waals surface area contributed by atoms with E-state index in [0.717, 1.165) is 17.8 Å². The van der Waals surface area contributed by atoms with Gasteiger partial charge in [-0.2, -0.15) is 0 Å². The molecule has 1 aromatic heterocycles. The Labute approximate surface area is 152 Å². The molecular formula is C18H22N6O2. The quantitative estimate of drug-likeness (QED) is 0.813. The highest BCUT2D eigenvalue weighted by atomic mass is 16.2. The highest BCUT2D eigenvalue weighted by molar-refractivity contribution is 5.92. The summed E-state index contributed by atoms with van der Waals surface area (Å²) in [5, 5.41) is 3.12. The van der Waals surface area contributed by atoms with E-state index in [1.165, 1.54) is 0 Å². The molecule has 2 amide bonds. The van der Waals surface area contributed by atoms with Gasteiger partial charge in [-0.05, 0) is 30.3 Å². The molecular weight excluding hydrogens is 332 g/mol. The van der Waals surface area contributed by atoms with Crippen LogP contribution in [0, 0.1) is 0 Å². The Morgan fingerprint density at radius 2 is 1.81 bits per heavy atom. The van der Waals surface area contributed by atoms with Gasteiger partial charge in [0.05, 0.1) is 0 Å². The smallest absolute Gasteiger partial charge is 0.272 e. The van der Waals surface area contributed by atoms with Gasteiger partial charge in [0.1, 0.15) is 5.69 Å². The number of amides is 2. The highest BCUT2D eigenvalue weighted by Crippen LogP contribution is 2.18. The number of benzene rings is 1. The van der Waals surface area contributed by atoms with Crippen LogP contribution in [0.25, 0.3) is 0 Å². The van der Waals surface area contributed by atoms with E-state index in [2.05, 4.69) is 15.3 Å². The van der Waals surface area contributed by atoms with Crippen LogP contribution in [0.5, 0.6) is 0 Å². The number of carbonyl (C=O) groups excluding carboxylic acids is 2. The van der Waals surface area contributed by atoms with Gasteiger partial charge < -0.3 is 20.0 Å². The molecule has 0 atom stereocenters. The molecule has 0 radical (unpaired) electrons. The van der Waals surface area contributed by atoms with E-state index in [1.807, 2.05) is 43.3 Å². The Hall–Kier alpha value is -3.16. The van der Waals surface area contributed by atoms with E-state index in [4.69, 9.17) is 0 Å². The summed E-state index contributed by atoms with van der Waals surface area (Å²) in [5.74, 6) is 0.226. The number of anilines is 3. The van der Waals surface area contributed by atoms with E-state index in [-0.39, 0.29) is 5.91 Å². The topological polar surface area (TPSA) is 81.7 Å². The zero-order valence-electron chi connectivity index (χ0n) is 14.9. The minimum absolute atomic E-state index is 0.149. The molecule has 0 aliphatic carbocycles. The summed E-state index contributed by atoms with van der Waals surface area (Å²) >= 11 is 0. The van der Waals surface area contributed by atoms with Crippen LogP contribution in [0.3, 0.4) is 0 Å². The Morgan fingerprint density at radius 1 is 1.12 bits per heavy atom. The zero-order valence-corrected chi connectivity index (χ0v) is 14.9. The van der Waals surface area contributed by atoms with Crippen molar-refractivity contribution in [1.82, 2.24) is 19.8 Å². The van der Waals surface area contributed by atoms with Crippen molar-refractivity contribution in [3.63, 3.8) is 0 Å². The van der Waals surface area contributed by atoms with Crippen molar-refractivity contribution < 1.29 is 9.59 Å². The number of nitrogens with one attached hydrogen (secondary N) is 1. The number of carbonyl (C=O) groups is 2. The third-order valence-electron chi connectivity index (χ3n) is 4.27. The first-order valence-corrected chi connectivity index (χ1v) is 8.43. The van der Waals surface area contributed by atoms with Crippen molar-refractivity contribution in [3.8, 4) is 0 Å². The van der Waals surface area contributed by atoms with Crippen LogP contribution in [0.15, 0.2) is 36.5 Å². The molecule has 8 heteroatoms. The molecule has 3 rings (SSSR count). The molecule has 0 unspecified atom stereocenters. The maximum Gasteiger partial charge on any atom is 0.272 e. The maximum absolute atomic E-state index is 12.6. The maximum atomic E-state index is 12.6. The number of nitrogens with zero attached hydrogens (tertiary/aromatic N) is 5. The number of rotatable bonds is 5. The SMILES string of the molecule is CN(C)c1ccc(Nc2nccc(C(=O)N3CCN(C=O)CC3)n2)cc1. The molecule has 1 fully saturated rings. The Bertz CT molecular complexity index is 770. The molecule has 8 nitrogen and oxygen atoms in total. The molecule has 1 saturated heterocycles. The molecule has 1 aliphatic rings. The second kappa shape index (κ2) is 7.81. The molecule has 2 heterocycles. The molecule has 136 valence electrons. The number of hydrogen-bond acceptors (Lipinski definition) is 6. The van der Waals surface area contributed by atoms with Gasteiger partial charge in [0.2, 0.25) is 12.4 Å². The van der Waals surface area contributed by atoms with E-state index in [1.54, 1.807) is 22.1 Å². The van der Waals surface area contributed by atoms with Crippen molar-refractivity contribution in [3.05, 3.63) is 42.2 Å². The molecule has 0 bridgehead atoms. The summed E-state index contributed by atoms with van der Waals surface area (Å²) in [4.78, 5) is 37.3. The van der Waals surface area contributed by atoms with E-state index in [9.17, 15) is 9.59 Å². The van der Waals surface area contributed by atoms with Gasteiger partial charge in [-0.15, -0.1) is 0 Å². The van der Waals surface area contributed by atoms with Crippen LogP contribution in [0.2, 0.25) is 0 Å². The fourth-order valence-electron chi connectivity index (χ4n) is 2.70. The summed E-state index contributed by atoms with van der Waals surface area (Å²) in [6.45, 7) is 2.11. The molecule has 1 N–H and O–H groups in total. The zero-order chi connectivity index (χ0) is 18.5. The summed E-state index contributed by atoms with van der Waals surface area (Å²) in [5.41, 5.74) is 2.28. The lowest BCUT2D eigenvalue weighted by molar-refractivity contribution is -0.119. The largest absolute Gasteiger partial charge is 0.378 e. The van der Waals surface area contributed by atoms with Gasteiger partial charge in [-0.25, -0.2) is 9.97 Å². The van der Waals surface area contributed by atoms with E-state index >= 15 is 0 Å². The average molecular weight is 354 g/mol. The number of piperazine rings is 1. The van der Waals surface area contributed by atoms with Gasteiger partial charge in [0, 0.05) is 57.8 Å². The van der Waals surface area contributed by atoms with Crippen molar-refractivity contribution >= 4 is 29.6 Å². The standard InChI is InChI=1S/C18H22N6O2/c1-22(2)15-5-3-14(4-6-15)20-18-19-8-7-16(21-18)17(26)24-11-9-23(13-25)10-12-24/h3-8,13H,9-12H2,1-2H3,(H,19,20,21). The fourth-order valence-corrected chi connectivity index (χ4v) is 2.70. The van der Waals surface area contributed by atoms with E-state index in [0.29, 0.717) is 37.8 Å². The third-order valence-corrected chi connectivity index (χ3v) is 4.27. The van der Waals surface area contributed by atoms with Crippen molar-refractivity contribution in [2.24, 2.45) is 0 Å². The van der Waals surface area contributed by atoms with Gasteiger partial charge in [-0.1, -0.05) is 0 Å². The van der Waals surface area contributed by atoms with Crippen LogP contribution >= 0.6 is 0 Å². The minimum atomic E-state index is -0.149. The van der Waals surface area contributed by atoms with Crippen LogP contribution in [0.4, 0.5) is 17.3 Å². The van der Waals surface area contributed by atoms with E-state index < -0.39 is 0 Å². The molecule has 1 aromatic carbocycles. The van der Waals surface area contributed by atoms with Gasteiger partial charge in [-0.3, -0.25) is 9.59 Å². The predicted molar refractivity (Wildman–Crippen MR) is 99.6 cm³/mol. The number of aromatic nitrogens is 2. The number of hydrogen-bond donors (Lipinski definition) is 1. The third kappa shape index (κ3) is 4.08. The monoisotopic (exact) mass is 354 g/mol. The lowest BCUT2D eigenvalue weighted by Gasteiger charge is -2.32. The van der Waals surface area contributed by atoms with Crippen LogP contribution in [-0.4, -0.2) is 72.4 Å². The van der Waals surface area contributed by atoms with Gasteiger partial charge in [0.25, 0.3) is 5.91 Å². The Balaban J connectivity index is 1.68. The molecule has 1 aliphatic heterocycles. The second-order valence-corrected chi connectivity index (χ2v) is 6.27. The first-order valence-electron chi connectivity index (χ1n) is 8.43. The normalized spacial score (nSPS) is 14.1. The van der Waals surface area contributed by atoms with Crippen molar-refractivity contribution in [2.45, 2.75) is 0 Å². The summed E-state index contributed by atoms with van der Waals surface area (Å²) in [6.07, 6.45) is 2.38. The molecule has 26 heavy (non-hydrogen) atoms. The lowest BCUT2D eigenvalue weighted by Crippen LogP contribution is -2.48. The predicted octanol–water partition coefficient (Wildman–Crippen LogP) is 1.20. The van der Waals surface area contributed by atoms with Crippen LogP contribution < -0.4 is 10.2 Å². The second-order valence-electron chi connectivity index (χ2n) is 6.27. The average Bonchev–Trinajstić information content (AvgIpc) is 2.68. The molecule has 0 saturated carbocycles. The summed E-state index contributed by atoms with van der Waals surface area (Å²) in [7, 11) is 3.96. The lowest BCUT2D eigenvalue weighted by atomic mass is 10.2. The summed E-state index contributed by atoms with van der Waals surface area (Å²) < 4.78 is 0. The van der Waals surface area contributed by atoms with Crippen LogP contribution in [-0.2, 0) is 4.79 Å². The van der Waals surface area contributed by atoms with Gasteiger partial charge >= 0.3 is 0 Å². The first kappa shape index (κ1) is 17.7. The van der Waals surface area contributed by atoms with Crippen molar-refractivity contribution in [2.75, 3.05) is 50.5 Å². The Morgan fingerprint density at radius 3 is 2.42 bits per heavy atom. The van der Waals surface area contributed by atoms with Crippen LogP contribution in [0.1, 0.15) is 10.5 Å². The molecule has 0 spiro atoms. The van der Waals surface area contributed by atoms with Crippen molar-refractivity contribution in [1.29, 1.82) is 0 Å².